The summed E-state index contributed by atoms with van der Waals surface area (Å²) in [4.78, 5) is 12.3. The molecule has 0 atom stereocenters. The molecule has 0 spiro atoms. The Balaban J connectivity index is 2.08. The Kier molecular flexibility index (Phi) is 2.07. The molecule has 0 amide bonds. The molecular formula is C10H9N5S. The summed E-state index contributed by atoms with van der Waals surface area (Å²) in [5.41, 5.74) is 8.40. The van der Waals surface area contributed by atoms with Crippen molar-refractivity contribution in [2.24, 2.45) is 0 Å². The number of nitrogens with zero attached hydrogens (tertiary/aromatic N) is 4. The summed E-state index contributed by atoms with van der Waals surface area (Å²) in [5.74, 6) is 0.425. The fraction of sp³-hybridized carbons (Fsp3) is 0.100. The number of thiophene rings is 1. The molecule has 5 nitrogen and oxygen atoms in total. The molecular weight excluding hydrogens is 222 g/mol. The number of imidazole rings is 1. The SMILES string of the molecule is Nc1ncnc2c1ncn2Cc1ccsc1. The lowest BCUT2D eigenvalue weighted by Crippen LogP contribution is -1.99. The van der Waals surface area contributed by atoms with E-state index in [4.69, 9.17) is 5.73 Å². The zero-order chi connectivity index (χ0) is 11.0. The number of aromatic nitrogens is 4. The summed E-state index contributed by atoms with van der Waals surface area (Å²) in [6.07, 6.45) is 3.21. The van der Waals surface area contributed by atoms with Crippen LogP contribution in [0.2, 0.25) is 0 Å². The van der Waals surface area contributed by atoms with Crippen LogP contribution in [0.5, 0.6) is 0 Å². The van der Waals surface area contributed by atoms with Gasteiger partial charge in [0.15, 0.2) is 11.5 Å². The second-order valence-electron chi connectivity index (χ2n) is 3.44. The molecule has 0 saturated carbocycles. The standard InChI is InChI=1S/C10H9N5S/c11-9-8-10(13-5-12-9)15(6-14-8)3-7-1-2-16-4-7/h1-2,4-6H,3H2,(H2,11,12,13). The van der Waals surface area contributed by atoms with E-state index in [-0.39, 0.29) is 0 Å². The molecule has 0 aliphatic rings. The summed E-state index contributed by atoms with van der Waals surface area (Å²) in [6, 6.07) is 2.08. The summed E-state index contributed by atoms with van der Waals surface area (Å²) in [7, 11) is 0. The molecule has 3 aromatic heterocycles. The summed E-state index contributed by atoms with van der Waals surface area (Å²) in [5, 5.41) is 4.16. The van der Waals surface area contributed by atoms with Crippen molar-refractivity contribution in [3.05, 3.63) is 35.0 Å². The number of hydrogen-bond acceptors (Lipinski definition) is 5. The lowest BCUT2D eigenvalue weighted by Gasteiger charge is -2.00. The molecule has 0 bridgehead atoms. The van der Waals surface area contributed by atoms with E-state index in [9.17, 15) is 0 Å². The molecule has 16 heavy (non-hydrogen) atoms. The monoisotopic (exact) mass is 231 g/mol. The van der Waals surface area contributed by atoms with E-state index in [0.29, 0.717) is 11.3 Å². The van der Waals surface area contributed by atoms with E-state index < -0.39 is 0 Å². The predicted octanol–water partition coefficient (Wildman–Crippen LogP) is 1.52. The number of nitrogen functional groups attached to an aromatic ring is 1. The van der Waals surface area contributed by atoms with Crippen LogP contribution in [0.4, 0.5) is 5.82 Å². The van der Waals surface area contributed by atoms with Crippen LogP contribution >= 0.6 is 11.3 Å². The van der Waals surface area contributed by atoms with Crippen LogP contribution in [-0.2, 0) is 6.54 Å². The third-order valence-corrected chi connectivity index (χ3v) is 3.09. The van der Waals surface area contributed by atoms with Crippen LogP contribution in [0.1, 0.15) is 5.56 Å². The second kappa shape index (κ2) is 3.57. The number of fused-ring (bicyclic) bond motifs is 1. The third-order valence-electron chi connectivity index (χ3n) is 2.36. The van der Waals surface area contributed by atoms with E-state index in [0.717, 1.165) is 12.2 Å². The van der Waals surface area contributed by atoms with Crippen LogP contribution in [0.25, 0.3) is 11.2 Å². The van der Waals surface area contributed by atoms with Crippen LogP contribution in [0.15, 0.2) is 29.5 Å². The quantitative estimate of drug-likeness (QED) is 0.726. The largest absolute Gasteiger partial charge is 0.382 e. The molecule has 0 aliphatic carbocycles. The molecule has 3 rings (SSSR count). The zero-order valence-electron chi connectivity index (χ0n) is 8.37. The third kappa shape index (κ3) is 1.43. The van der Waals surface area contributed by atoms with Crippen molar-refractivity contribution >= 4 is 28.3 Å². The Morgan fingerprint density at radius 1 is 1.31 bits per heavy atom. The Labute approximate surface area is 95.6 Å². The fourth-order valence-electron chi connectivity index (χ4n) is 1.59. The van der Waals surface area contributed by atoms with Crippen LogP contribution in [0.3, 0.4) is 0 Å². The van der Waals surface area contributed by atoms with Gasteiger partial charge in [0.1, 0.15) is 11.8 Å². The van der Waals surface area contributed by atoms with E-state index in [1.807, 2.05) is 4.57 Å². The van der Waals surface area contributed by atoms with Gasteiger partial charge in [-0.2, -0.15) is 11.3 Å². The molecule has 0 unspecified atom stereocenters. The zero-order valence-corrected chi connectivity index (χ0v) is 9.18. The smallest absolute Gasteiger partial charge is 0.165 e. The van der Waals surface area contributed by atoms with Crippen molar-refractivity contribution in [2.75, 3.05) is 5.73 Å². The molecule has 0 fully saturated rings. The van der Waals surface area contributed by atoms with Crippen LogP contribution < -0.4 is 5.73 Å². The van der Waals surface area contributed by atoms with Gasteiger partial charge in [0.25, 0.3) is 0 Å². The molecule has 3 heterocycles. The van der Waals surface area contributed by atoms with Crippen molar-refractivity contribution in [2.45, 2.75) is 6.54 Å². The topological polar surface area (TPSA) is 69.6 Å². The van der Waals surface area contributed by atoms with Gasteiger partial charge in [-0.3, -0.25) is 0 Å². The summed E-state index contributed by atoms with van der Waals surface area (Å²) in [6.45, 7) is 0.760. The van der Waals surface area contributed by atoms with Gasteiger partial charge in [0, 0.05) is 0 Å². The predicted molar refractivity (Wildman–Crippen MR) is 63.2 cm³/mol. The van der Waals surface area contributed by atoms with Crippen molar-refractivity contribution in [1.29, 1.82) is 0 Å². The minimum absolute atomic E-state index is 0.425. The Morgan fingerprint density at radius 2 is 2.25 bits per heavy atom. The molecule has 0 radical (unpaired) electrons. The van der Waals surface area contributed by atoms with Gasteiger partial charge in [-0.25, -0.2) is 15.0 Å². The molecule has 3 aromatic rings. The normalized spacial score (nSPS) is 11.0. The fourth-order valence-corrected chi connectivity index (χ4v) is 2.25. The number of hydrogen-bond donors (Lipinski definition) is 1. The highest BCUT2D eigenvalue weighted by Gasteiger charge is 2.07. The Hall–Kier alpha value is -1.95. The first-order chi connectivity index (χ1) is 7.84. The van der Waals surface area contributed by atoms with E-state index in [1.165, 1.54) is 11.9 Å². The second-order valence-corrected chi connectivity index (χ2v) is 4.22. The molecule has 0 aliphatic heterocycles. The molecule has 0 saturated heterocycles. The van der Waals surface area contributed by atoms with Crippen molar-refractivity contribution in [3.63, 3.8) is 0 Å². The lowest BCUT2D eigenvalue weighted by atomic mass is 10.3. The van der Waals surface area contributed by atoms with E-state index in [2.05, 4.69) is 31.8 Å². The van der Waals surface area contributed by atoms with Crippen molar-refractivity contribution < 1.29 is 0 Å². The van der Waals surface area contributed by atoms with Crippen LogP contribution in [-0.4, -0.2) is 19.5 Å². The average molecular weight is 231 g/mol. The van der Waals surface area contributed by atoms with Gasteiger partial charge < -0.3 is 10.3 Å². The number of nitrogens with two attached hydrogens (primary N) is 1. The molecule has 6 heteroatoms. The highest BCUT2D eigenvalue weighted by Crippen LogP contribution is 2.16. The van der Waals surface area contributed by atoms with Gasteiger partial charge in [-0.15, -0.1) is 0 Å². The van der Waals surface area contributed by atoms with Gasteiger partial charge in [0.05, 0.1) is 12.9 Å². The van der Waals surface area contributed by atoms with Crippen molar-refractivity contribution in [3.8, 4) is 0 Å². The first kappa shape index (κ1) is 9.29. The van der Waals surface area contributed by atoms with Crippen molar-refractivity contribution in [1.82, 2.24) is 19.5 Å². The maximum atomic E-state index is 5.72. The Morgan fingerprint density at radius 3 is 3.06 bits per heavy atom. The summed E-state index contributed by atoms with van der Waals surface area (Å²) >= 11 is 1.68. The average Bonchev–Trinajstić information content (AvgIpc) is 2.90. The molecule has 80 valence electrons. The van der Waals surface area contributed by atoms with E-state index in [1.54, 1.807) is 17.7 Å². The minimum atomic E-state index is 0.425. The highest BCUT2D eigenvalue weighted by molar-refractivity contribution is 7.07. The van der Waals surface area contributed by atoms with Gasteiger partial charge in [-0.05, 0) is 22.4 Å². The first-order valence-corrected chi connectivity index (χ1v) is 5.71. The number of anilines is 1. The lowest BCUT2D eigenvalue weighted by molar-refractivity contribution is 0.816. The van der Waals surface area contributed by atoms with Gasteiger partial charge >= 0.3 is 0 Å². The summed E-state index contributed by atoms with van der Waals surface area (Å²) < 4.78 is 1.97. The van der Waals surface area contributed by atoms with Gasteiger partial charge in [-0.1, -0.05) is 0 Å². The Bertz CT molecular complexity index is 613. The molecule has 0 aromatic carbocycles. The first-order valence-electron chi connectivity index (χ1n) is 4.77. The highest BCUT2D eigenvalue weighted by atomic mass is 32.1. The number of rotatable bonds is 2. The maximum absolute atomic E-state index is 5.72. The molecule has 2 N–H and O–H groups in total. The minimum Gasteiger partial charge on any atom is -0.382 e. The maximum Gasteiger partial charge on any atom is 0.165 e. The van der Waals surface area contributed by atoms with Gasteiger partial charge in [0.2, 0.25) is 0 Å². The van der Waals surface area contributed by atoms with E-state index >= 15 is 0 Å². The van der Waals surface area contributed by atoms with Crippen LogP contribution in [0, 0.1) is 0 Å².